The third kappa shape index (κ3) is 3.86. The van der Waals surface area contributed by atoms with Crippen LogP contribution in [0, 0.1) is 6.92 Å². The first-order valence-corrected chi connectivity index (χ1v) is 6.76. The molecule has 2 aromatic heterocycles. The van der Waals surface area contributed by atoms with E-state index in [0.717, 1.165) is 43.6 Å². The zero-order chi connectivity index (χ0) is 13.5. The summed E-state index contributed by atoms with van der Waals surface area (Å²) in [6, 6.07) is 3.82. The van der Waals surface area contributed by atoms with Crippen molar-refractivity contribution in [2.75, 3.05) is 13.1 Å². The van der Waals surface area contributed by atoms with E-state index in [2.05, 4.69) is 27.4 Å². The smallest absolute Gasteiger partial charge is 0.249 e. The topological polar surface area (TPSA) is 63.8 Å². The van der Waals surface area contributed by atoms with Gasteiger partial charge in [-0.3, -0.25) is 4.98 Å². The van der Waals surface area contributed by atoms with Crippen LogP contribution in [0.15, 0.2) is 22.7 Å². The zero-order valence-corrected chi connectivity index (χ0v) is 11.5. The van der Waals surface area contributed by atoms with E-state index in [1.807, 2.05) is 19.1 Å². The number of aromatic nitrogens is 3. The number of pyridine rings is 1. The first-order chi connectivity index (χ1) is 9.31. The van der Waals surface area contributed by atoms with Gasteiger partial charge in [-0.05, 0) is 45.0 Å². The molecule has 2 rings (SSSR count). The molecule has 0 spiro atoms. The number of aryl methyl sites for hydroxylation is 2. The molecule has 0 bridgehead atoms. The summed E-state index contributed by atoms with van der Waals surface area (Å²) in [5.74, 6) is 1.25. The maximum absolute atomic E-state index is 5.67. The molecule has 2 aromatic rings. The van der Waals surface area contributed by atoms with Gasteiger partial charge in [-0.25, -0.2) is 0 Å². The number of nitrogens with zero attached hydrogens (tertiary/aromatic N) is 3. The molecule has 0 aliphatic rings. The molecule has 0 atom stereocenters. The minimum atomic E-state index is 0.558. The van der Waals surface area contributed by atoms with Gasteiger partial charge < -0.3 is 9.73 Å². The Morgan fingerprint density at radius 3 is 2.95 bits per heavy atom. The van der Waals surface area contributed by atoms with E-state index < -0.39 is 0 Å². The molecule has 0 aliphatic carbocycles. The Labute approximate surface area is 113 Å². The van der Waals surface area contributed by atoms with E-state index in [4.69, 9.17) is 4.42 Å². The van der Waals surface area contributed by atoms with Crippen molar-refractivity contribution in [2.45, 2.75) is 33.1 Å². The molecule has 102 valence electrons. The van der Waals surface area contributed by atoms with Gasteiger partial charge in [0.05, 0.1) is 5.56 Å². The van der Waals surface area contributed by atoms with Crippen LogP contribution in [0.5, 0.6) is 0 Å². The van der Waals surface area contributed by atoms with Gasteiger partial charge in [0, 0.05) is 18.3 Å². The van der Waals surface area contributed by atoms with Gasteiger partial charge in [-0.15, -0.1) is 10.2 Å². The van der Waals surface area contributed by atoms with Crippen molar-refractivity contribution in [1.82, 2.24) is 20.5 Å². The largest absolute Gasteiger partial charge is 0.421 e. The van der Waals surface area contributed by atoms with E-state index in [1.54, 1.807) is 6.20 Å². The second-order valence-corrected chi connectivity index (χ2v) is 4.49. The van der Waals surface area contributed by atoms with Crippen molar-refractivity contribution in [3.05, 3.63) is 29.9 Å². The van der Waals surface area contributed by atoms with Gasteiger partial charge >= 0.3 is 0 Å². The van der Waals surface area contributed by atoms with Gasteiger partial charge in [0.25, 0.3) is 0 Å². The Bertz CT molecular complexity index is 510. The lowest BCUT2D eigenvalue weighted by molar-refractivity contribution is 0.491. The van der Waals surface area contributed by atoms with E-state index in [0.29, 0.717) is 11.8 Å². The van der Waals surface area contributed by atoms with Gasteiger partial charge in [0.1, 0.15) is 0 Å². The molecule has 1 N–H and O–H groups in total. The predicted molar refractivity (Wildman–Crippen MR) is 73.7 cm³/mol. The van der Waals surface area contributed by atoms with Crippen molar-refractivity contribution < 1.29 is 4.42 Å². The number of hydrogen-bond acceptors (Lipinski definition) is 5. The summed E-state index contributed by atoms with van der Waals surface area (Å²) in [4.78, 5) is 4.22. The van der Waals surface area contributed by atoms with Crippen LogP contribution in [0.25, 0.3) is 11.5 Å². The monoisotopic (exact) mass is 260 g/mol. The van der Waals surface area contributed by atoms with Crippen LogP contribution in [0.3, 0.4) is 0 Å². The number of rotatable bonds is 7. The van der Waals surface area contributed by atoms with Gasteiger partial charge in [-0.1, -0.05) is 6.92 Å². The summed E-state index contributed by atoms with van der Waals surface area (Å²) in [7, 11) is 0. The fraction of sp³-hybridized carbons (Fsp3) is 0.500. The van der Waals surface area contributed by atoms with Crippen molar-refractivity contribution in [1.29, 1.82) is 0 Å². The van der Waals surface area contributed by atoms with Crippen molar-refractivity contribution in [3.63, 3.8) is 0 Å². The third-order valence-electron chi connectivity index (χ3n) is 2.88. The molecule has 0 saturated heterocycles. The molecule has 0 amide bonds. The van der Waals surface area contributed by atoms with Gasteiger partial charge in [0.15, 0.2) is 0 Å². The molecular weight excluding hydrogens is 240 g/mol. The minimum Gasteiger partial charge on any atom is -0.421 e. The van der Waals surface area contributed by atoms with E-state index in [1.165, 1.54) is 0 Å². The molecule has 5 heteroatoms. The second kappa shape index (κ2) is 6.99. The highest BCUT2D eigenvalue weighted by Gasteiger charge is 2.10. The Kier molecular flexibility index (Phi) is 5.03. The van der Waals surface area contributed by atoms with Crippen LogP contribution < -0.4 is 5.32 Å². The minimum absolute atomic E-state index is 0.558. The van der Waals surface area contributed by atoms with Crippen LogP contribution in [0.2, 0.25) is 0 Å². The van der Waals surface area contributed by atoms with E-state index in [9.17, 15) is 0 Å². The van der Waals surface area contributed by atoms with E-state index >= 15 is 0 Å². The molecule has 19 heavy (non-hydrogen) atoms. The maximum atomic E-state index is 5.67. The number of hydrogen-bond donors (Lipinski definition) is 1. The lowest BCUT2D eigenvalue weighted by atomic mass is 10.2. The molecule has 2 heterocycles. The van der Waals surface area contributed by atoms with Crippen LogP contribution in [-0.4, -0.2) is 28.3 Å². The molecule has 0 radical (unpaired) electrons. The van der Waals surface area contributed by atoms with Crippen LogP contribution >= 0.6 is 0 Å². The average Bonchev–Trinajstić information content (AvgIpc) is 2.88. The number of nitrogens with one attached hydrogen (secondary N) is 1. The van der Waals surface area contributed by atoms with Crippen molar-refractivity contribution in [3.8, 4) is 11.5 Å². The lowest BCUT2D eigenvalue weighted by Crippen LogP contribution is -2.16. The fourth-order valence-electron chi connectivity index (χ4n) is 1.84. The van der Waals surface area contributed by atoms with E-state index in [-0.39, 0.29) is 0 Å². The zero-order valence-electron chi connectivity index (χ0n) is 11.5. The van der Waals surface area contributed by atoms with Crippen molar-refractivity contribution in [2.24, 2.45) is 0 Å². The van der Waals surface area contributed by atoms with Crippen LogP contribution in [0.1, 0.15) is 31.4 Å². The summed E-state index contributed by atoms with van der Waals surface area (Å²) in [5, 5.41) is 11.5. The molecule has 0 fully saturated rings. The van der Waals surface area contributed by atoms with Crippen LogP contribution in [0.4, 0.5) is 0 Å². The molecule has 0 unspecified atom stereocenters. The summed E-state index contributed by atoms with van der Waals surface area (Å²) in [6.07, 6.45) is 4.73. The Hall–Kier alpha value is -1.75. The first-order valence-electron chi connectivity index (χ1n) is 6.76. The molecule has 0 aromatic carbocycles. The summed E-state index contributed by atoms with van der Waals surface area (Å²) in [6.45, 7) is 6.14. The summed E-state index contributed by atoms with van der Waals surface area (Å²) in [5.41, 5.74) is 1.81. The fourth-order valence-corrected chi connectivity index (χ4v) is 1.84. The normalized spacial score (nSPS) is 10.8. The van der Waals surface area contributed by atoms with Gasteiger partial charge in [-0.2, -0.15) is 0 Å². The second-order valence-electron chi connectivity index (χ2n) is 4.49. The Morgan fingerprint density at radius 2 is 2.16 bits per heavy atom. The average molecular weight is 260 g/mol. The summed E-state index contributed by atoms with van der Waals surface area (Å²) >= 11 is 0. The Morgan fingerprint density at radius 1 is 1.26 bits per heavy atom. The quantitative estimate of drug-likeness (QED) is 0.774. The molecular formula is C14H20N4O. The molecule has 5 nitrogen and oxygen atoms in total. The van der Waals surface area contributed by atoms with Crippen molar-refractivity contribution >= 4 is 0 Å². The van der Waals surface area contributed by atoms with Gasteiger partial charge in [0.2, 0.25) is 11.8 Å². The highest BCUT2D eigenvalue weighted by atomic mass is 16.4. The van der Waals surface area contributed by atoms with Crippen LogP contribution in [-0.2, 0) is 6.42 Å². The lowest BCUT2D eigenvalue weighted by Gasteiger charge is -2.00. The standard InChI is InChI=1S/C14H20N4O/c1-3-8-15-9-5-7-13-17-18-14(19-13)12-6-4-10-16-11(12)2/h4,6,10,15H,3,5,7-9H2,1-2H3. The highest BCUT2D eigenvalue weighted by Crippen LogP contribution is 2.20. The SMILES string of the molecule is CCCNCCCc1nnc(-c2cccnc2C)o1. The first kappa shape index (κ1) is 13.7. The molecule has 0 aliphatic heterocycles. The third-order valence-corrected chi connectivity index (χ3v) is 2.88. The highest BCUT2D eigenvalue weighted by molar-refractivity contribution is 5.54. The maximum Gasteiger partial charge on any atom is 0.249 e. The summed E-state index contributed by atoms with van der Waals surface area (Å²) < 4.78 is 5.67. The predicted octanol–water partition coefficient (Wildman–Crippen LogP) is 2.37. The Balaban J connectivity index is 1.91. The molecule has 0 saturated carbocycles.